The quantitative estimate of drug-likeness (QED) is 0.378. The number of hydroxylamine groups is 1. The molecular weight excluding hydrogens is 394 g/mol. The monoisotopic (exact) mass is 417 g/mol. The lowest BCUT2D eigenvalue weighted by Crippen LogP contribution is -2.49. The second-order valence-corrected chi connectivity index (χ2v) is 7.14. The van der Waals surface area contributed by atoms with Gasteiger partial charge in [0.1, 0.15) is 5.82 Å². The summed E-state index contributed by atoms with van der Waals surface area (Å²) in [6.07, 6.45) is 8.38. The van der Waals surface area contributed by atoms with Crippen LogP contribution in [0.4, 0.5) is 5.69 Å². The molecule has 0 atom stereocenters. The van der Waals surface area contributed by atoms with Gasteiger partial charge in [-0.15, -0.1) is 0 Å². The molecule has 0 saturated carbocycles. The molecule has 31 heavy (non-hydrogen) atoms. The Morgan fingerprint density at radius 2 is 1.71 bits per heavy atom. The van der Waals surface area contributed by atoms with Crippen molar-refractivity contribution in [3.05, 3.63) is 84.3 Å². The van der Waals surface area contributed by atoms with Gasteiger partial charge in [-0.05, 0) is 42.0 Å². The fourth-order valence-corrected chi connectivity index (χ4v) is 3.60. The Kier molecular flexibility index (Phi) is 6.09. The summed E-state index contributed by atoms with van der Waals surface area (Å²) in [6.45, 7) is 2.54. The first-order chi connectivity index (χ1) is 15.2. The van der Waals surface area contributed by atoms with Crippen molar-refractivity contribution in [2.24, 2.45) is 0 Å². The maximum absolute atomic E-state index is 12.9. The smallest absolute Gasteiger partial charge is 0.267 e. The predicted molar refractivity (Wildman–Crippen MR) is 117 cm³/mol. The molecule has 3 heterocycles. The molecular formula is C23H23N5O3. The molecule has 1 aliphatic heterocycles. The van der Waals surface area contributed by atoms with Crippen molar-refractivity contribution in [1.29, 1.82) is 0 Å². The topological polar surface area (TPSA) is 90.7 Å². The Bertz CT molecular complexity index is 1070. The molecule has 8 nitrogen and oxygen atoms in total. The molecule has 0 unspecified atom stereocenters. The first kappa shape index (κ1) is 20.4. The van der Waals surface area contributed by atoms with Crippen molar-refractivity contribution >= 4 is 23.6 Å². The van der Waals surface area contributed by atoms with Crippen molar-refractivity contribution in [1.82, 2.24) is 19.9 Å². The highest BCUT2D eigenvalue weighted by Crippen LogP contribution is 2.23. The standard InChI is InChI=1S/C23H23N5O3/c29-22(25-31)10-8-18-5-1-2-6-20(18)26-13-15-28(16-14-26)23(30)19-7-9-21(24-17-19)27-11-3-4-12-27/h1-12,17,31H,13-16H2,(H,25,29)/b10-8+. The number of nitrogens with zero attached hydrogens (tertiary/aromatic N) is 4. The lowest BCUT2D eigenvalue weighted by Gasteiger charge is -2.36. The maximum Gasteiger partial charge on any atom is 0.267 e. The number of hydrogen-bond donors (Lipinski definition) is 2. The maximum atomic E-state index is 12.9. The van der Waals surface area contributed by atoms with Crippen LogP contribution in [0, 0.1) is 0 Å². The molecule has 1 aromatic carbocycles. The average molecular weight is 417 g/mol. The van der Waals surface area contributed by atoms with Crippen molar-refractivity contribution in [2.45, 2.75) is 0 Å². The van der Waals surface area contributed by atoms with Gasteiger partial charge in [0.2, 0.25) is 0 Å². The van der Waals surface area contributed by atoms with Crippen molar-refractivity contribution < 1.29 is 14.8 Å². The fourth-order valence-electron chi connectivity index (χ4n) is 3.60. The number of aromatic nitrogens is 2. The molecule has 1 aliphatic rings. The summed E-state index contributed by atoms with van der Waals surface area (Å²) in [4.78, 5) is 32.6. The van der Waals surface area contributed by atoms with Crippen molar-refractivity contribution in [3.63, 3.8) is 0 Å². The van der Waals surface area contributed by atoms with Gasteiger partial charge in [-0.1, -0.05) is 18.2 Å². The molecule has 1 saturated heterocycles. The van der Waals surface area contributed by atoms with E-state index in [9.17, 15) is 9.59 Å². The zero-order chi connectivity index (χ0) is 21.6. The van der Waals surface area contributed by atoms with Gasteiger partial charge in [0.25, 0.3) is 11.8 Å². The molecule has 0 radical (unpaired) electrons. The van der Waals surface area contributed by atoms with Crippen LogP contribution in [0.3, 0.4) is 0 Å². The number of pyridine rings is 1. The van der Waals surface area contributed by atoms with Crippen molar-refractivity contribution in [2.75, 3.05) is 31.1 Å². The van der Waals surface area contributed by atoms with Gasteiger partial charge >= 0.3 is 0 Å². The van der Waals surface area contributed by atoms with Gasteiger partial charge in [0.15, 0.2) is 0 Å². The SMILES string of the molecule is O=C(/C=C/c1ccccc1N1CCN(C(=O)c2ccc(-n3cccc3)nc2)CC1)NO. The van der Waals surface area contributed by atoms with Crippen LogP contribution >= 0.6 is 0 Å². The number of para-hydroxylation sites is 1. The van der Waals surface area contributed by atoms with E-state index in [-0.39, 0.29) is 5.91 Å². The van der Waals surface area contributed by atoms with Crippen LogP contribution in [0.1, 0.15) is 15.9 Å². The second kappa shape index (κ2) is 9.27. The minimum Gasteiger partial charge on any atom is -0.367 e. The van der Waals surface area contributed by atoms with E-state index in [0.717, 1.165) is 17.1 Å². The van der Waals surface area contributed by atoms with Gasteiger partial charge < -0.3 is 14.4 Å². The number of rotatable bonds is 5. The van der Waals surface area contributed by atoms with Crippen LogP contribution in [-0.4, -0.2) is 57.7 Å². The Hall–Kier alpha value is -3.91. The number of nitrogens with one attached hydrogen (secondary N) is 1. The normalized spacial score (nSPS) is 14.1. The van der Waals surface area contributed by atoms with E-state index < -0.39 is 5.91 Å². The van der Waals surface area contributed by atoms with E-state index in [2.05, 4.69) is 9.88 Å². The number of carbonyl (C=O) groups excluding carboxylic acids is 2. The molecule has 3 aromatic rings. The predicted octanol–water partition coefficient (Wildman–Crippen LogP) is 2.35. The highest BCUT2D eigenvalue weighted by Gasteiger charge is 2.23. The molecule has 0 spiro atoms. The first-order valence-electron chi connectivity index (χ1n) is 10.0. The lowest BCUT2D eigenvalue weighted by molar-refractivity contribution is -0.124. The third-order valence-electron chi connectivity index (χ3n) is 5.23. The largest absolute Gasteiger partial charge is 0.367 e. The molecule has 2 aromatic heterocycles. The van der Waals surface area contributed by atoms with Gasteiger partial charge in [-0.3, -0.25) is 14.8 Å². The van der Waals surface area contributed by atoms with Crippen LogP contribution in [0.2, 0.25) is 0 Å². The number of amides is 2. The zero-order valence-electron chi connectivity index (χ0n) is 16.9. The average Bonchev–Trinajstić information content (AvgIpc) is 3.37. The Morgan fingerprint density at radius 1 is 0.968 bits per heavy atom. The van der Waals surface area contributed by atoms with Gasteiger partial charge in [-0.25, -0.2) is 10.5 Å². The van der Waals surface area contributed by atoms with E-state index in [1.807, 2.05) is 70.4 Å². The van der Waals surface area contributed by atoms with Crippen LogP contribution < -0.4 is 10.4 Å². The van der Waals surface area contributed by atoms with E-state index in [1.54, 1.807) is 17.8 Å². The van der Waals surface area contributed by atoms with E-state index in [4.69, 9.17) is 5.21 Å². The minimum absolute atomic E-state index is 0.0287. The minimum atomic E-state index is -0.582. The number of piperazine rings is 1. The number of carbonyl (C=O) groups is 2. The molecule has 0 bridgehead atoms. The summed E-state index contributed by atoms with van der Waals surface area (Å²) in [6, 6.07) is 15.2. The number of anilines is 1. The summed E-state index contributed by atoms with van der Waals surface area (Å²) in [5.41, 5.74) is 4.01. The molecule has 158 valence electrons. The van der Waals surface area contributed by atoms with E-state index in [1.165, 1.54) is 6.08 Å². The molecule has 8 heteroatoms. The van der Waals surface area contributed by atoms with E-state index in [0.29, 0.717) is 31.7 Å². The summed E-state index contributed by atoms with van der Waals surface area (Å²) < 4.78 is 1.89. The first-order valence-corrected chi connectivity index (χ1v) is 10.0. The lowest BCUT2D eigenvalue weighted by atomic mass is 10.1. The fraction of sp³-hybridized carbons (Fsp3) is 0.174. The van der Waals surface area contributed by atoms with Crippen LogP contribution in [0.5, 0.6) is 0 Å². The van der Waals surface area contributed by atoms with Gasteiger partial charge in [0.05, 0.1) is 5.56 Å². The number of hydrogen-bond acceptors (Lipinski definition) is 5. The molecule has 4 rings (SSSR count). The summed E-state index contributed by atoms with van der Waals surface area (Å²) in [5.74, 6) is 0.159. The zero-order valence-corrected chi connectivity index (χ0v) is 16.9. The third-order valence-corrected chi connectivity index (χ3v) is 5.23. The third kappa shape index (κ3) is 4.65. The Balaban J connectivity index is 1.40. The molecule has 1 fully saturated rings. The molecule has 0 aliphatic carbocycles. The highest BCUT2D eigenvalue weighted by molar-refractivity contribution is 5.94. The Labute approximate surface area is 180 Å². The summed E-state index contributed by atoms with van der Waals surface area (Å²) >= 11 is 0. The van der Waals surface area contributed by atoms with Crippen LogP contribution in [0.25, 0.3) is 11.9 Å². The molecule has 2 amide bonds. The van der Waals surface area contributed by atoms with Gasteiger partial charge in [0, 0.05) is 56.5 Å². The molecule has 2 N–H and O–H groups in total. The van der Waals surface area contributed by atoms with Crippen LogP contribution in [-0.2, 0) is 4.79 Å². The summed E-state index contributed by atoms with van der Waals surface area (Å²) in [7, 11) is 0. The second-order valence-electron chi connectivity index (χ2n) is 7.14. The number of benzene rings is 1. The van der Waals surface area contributed by atoms with Crippen LogP contribution in [0.15, 0.2) is 73.2 Å². The van der Waals surface area contributed by atoms with E-state index >= 15 is 0 Å². The van der Waals surface area contributed by atoms with Gasteiger partial charge in [-0.2, -0.15) is 0 Å². The highest BCUT2D eigenvalue weighted by atomic mass is 16.5. The summed E-state index contributed by atoms with van der Waals surface area (Å²) in [5, 5.41) is 8.66. The van der Waals surface area contributed by atoms with Crippen molar-refractivity contribution in [3.8, 4) is 5.82 Å². The Morgan fingerprint density at radius 3 is 2.39 bits per heavy atom.